The smallest absolute Gasteiger partial charge is 0.142 e. The maximum absolute atomic E-state index is 5.69. The highest BCUT2D eigenvalue weighted by Crippen LogP contribution is 2.30. The molecule has 1 saturated heterocycles. The molecule has 0 bridgehead atoms. The molecule has 0 amide bonds. The van der Waals surface area contributed by atoms with Crippen molar-refractivity contribution < 1.29 is 9.26 Å². The molecular formula is C16H19N5O2. The summed E-state index contributed by atoms with van der Waals surface area (Å²) < 4.78 is 11.1. The Morgan fingerprint density at radius 3 is 3.09 bits per heavy atom. The SMILES string of the molecule is COC1CN(c2ncnc3[nH]ccc23)CC1Cc1cc(C)no1. The molecule has 0 radical (unpaired) electrons. The molecule has 23 heavy (non-hydrogen) atoms. The average molecular weight is 313 g/mol. The Labute approximate surface area is 133 Å². The van der Waals surface area contributed by atoms with Crippen LogP contribution in [0, 0.1) is 12.8 Å². The fourth-order valence-corrected chi connectivity index (χ4v) is 3.36. The molecule has 0 spiro atoms. The first-order valence-corrected chi connectivity index (χ1v) is 7.72. The van der Waals surface area contributed by atoms with Gasteiger partial charge in [0, 0.05) is 44.8 Å². The van der Waals surface area contributed by atoms with Gasteiger partial charge in [0.25, 0.3) is 0 Å². The molecule has 1 fully saturated rings. The minimum Gasteiger partial charge on any atom is -0.379 e. The standard InChI is InChI=1S/C16H19N5O2/c1-10-5-12(23-20-10)6-11-7-21(8-14(11)22-2)16-13-3-4-17-15(13)18-9-19-16/h3-5,9,11,14H,6-8H2,1-2H3,(H,17,18,19). The number of H-pyrrole nitrogens is 1. The largest absolute Gasteiger partial charge is 0.379 e. The molecule has 7 heteroatoms. The van der Waals surface area contributed by atoms with Gasteiger partial charge in [0.2, 0.25) is 0 Å². The van der Waals surface area contributed by atoms with E-state index in [4.69, 9.17) is 9.26 Å². The number of hydrogen-bond donors (Lipinski definition) is 1. The van der Waals surface area contributed by atoms with Gasteiger partial charge in [-0.1, -0.05) is 5.16 Å². The molecule has 3 aromatic rings. The van der Waals surface area contributed by atoms with Gasteiger partial charge < -0.3 is 19.1 Å². The monoisotopic (exact) mass is 313 g/mol. The van der Waals surface area contributed by atoms with Crippen LogP contribution < -0.4 is 4.90 Å². The molecule has 2 unspecified atom stereocenters. The van der Waals surface area contributed by atoms with Crippen LogP contribution in [0.4, 0.5) is 5.82 Å². The summed E-state index contributed by atoms with van der Waals surface area (Å²) >= 11 is 0. The van der Waals surface area contributed by atoms with Crippen LogP contribution in [0.5, 0.6) is 0 Å². The second-order valence-corrected chi connectivity index (χ2v) is 6.02. The summed E-state index contributed by atoms with van der Waals surface area (Å²) in [6.07, 6.45) is 4.45. The normalized spacial score (nSPS) is 21.4. The van der Waals surface area contributed by atoms with E-state index in [1.54, 1.807) is 13.4 Å². The van der Waals surface area contributed by atoms with Gasteiger partial charge in [-0.25, -0.2) is 9.97 Å². The van der Waals surface area contributed by atoms with Crippen molar-refractivity contribution in [1.29, 1.82) is 0 Å². The molecule has 4 heterocycles. The second kappa shape index (κ2) is 5.66. The van der Waals surface area contributed by atoms with Crippen LogP contribution in [0.3, 0.4) is 0 Å². The van der Waals surface area contributed by atoms with E-state index in [1.807, 2.05) is 25.3 Å². The topological polar surface area (TPSA) is 80.1 Å². The molecule has 0 aromatic carbocycles. The summed E-state index contributed by atoms with van der Waals surface area (Å²) in [5.41, 5.74) is 1.77. The van der Waals surface area contributed by atoms with Crippen molar-refractivity contribution in [3.63, 3.8) is 0 Å². The summed E-state index contributed by atoms with van der Waals surface area (Å²) in [6, 6.07) is 4.00. The number of methoxy groups -OCH3 is 1. The molecule has 0 aliphatic carbocycles. The lowest BCUT2D eigenvalue weighted by molar-refractivity contribution is 0.0813. The summed E-state index contributed by atoms with van der Waals surface area (Å²) in [4.78, 5) is 14.1. The first-order chi connectivity index (χ1) is 11.2. The highest BCUT2D eigenvalue weighted by atomic mass is 16.5. The van der Waals surface area contributed by atoms with Crippen LogP contribution in [0.25, 0.3) is 11.0 Å². The maximum atomic E-state index is 5.69. The average Bonchev–Trinajstić information content (AvgIpc) is 3.26. The van der Waals surface area contributed by atoms with Gasteiger partial charge in [-0.2, -0.15) is 0 Å². The Bertz CT molecular complexity index is 812. The molecule has 3 aromatic heterocycles. The molecule has 1 aliphatic heterocycles. The number of rotatable bonds is 4. The zero-order valence-electron chi connectivity index (χ0n) is 13.2. The van der Waals surface area contributed by atoms with Crippen LogP contribution >= 0.6 is 0 Å². The molecule has 7 nitrogen and oxygen atoms in total. The van der Waals surface area contributed by atoms with Crippen LogP contribution in [0.1, 0.15) is 11.5 Å². The van der Waals surface area contributed by atoms with Crippen molar-refractivity contribution in [2.45, 2.75) is 19.4 Å². The van der Waals surface area contributed by atoms with E-state index in [0.29, 0.717) is 5.92 Å². The van der Waals surface area contributed by atoms with E-state index in [9.17, 15) is 0 Å². The number of aromatic nitrogens is 4. The minimum absolute atomic E-state index is 0.143. The Morgan fingerprint density at radius 2 is 2.30 bits per heavy atom. The zero-order chi connectivity index (χ0) is 15.8. The van der Waals surface area contributed by atoms with Crippen LogP contribution in [0.15, 0.2) is 29.2 Å². The number of aromatic amines is 1. The number of nitrogens with zero attached hydrogens (tertiary/aromatic N) is 4. The predicted molar refractivity (Wildman–Crippen MR) is 85.3 cm³/mol. The van der Waals surface area contributed by atoms with Crippen molar-refractivity contribution in [3.05, 3.63) is 36.1 Å². The van der Waals surface area contributed by atoms with E-state index >= 15 is 0 Å². The lowest BCUT2D eigenvalue weighted by atomic mass is 10.0. The molecule has 1 aliphatic rings. The fraction of sp³-hybridized carbons (Fsp3) is 0.438. The molecule has 4 rings (SSSR count). The number of nitrogens with one attached hydrogen (secondary N) is 1. The third-order valence-electron chi connectivity index (χ3n) is 4.46. The molecule has 1 N–H and O–H groups in total. The van der Waals surface area contributed by atoms with E-state index in [1.165, 1.54) is 0 Å². The zero-order valence-corrected chi connectivity index (χ0v) is 13.2. The summed E-state index contributed by atoms with van der Waals surface area (Å²) in [5, 5.41) is 5.01. The van der Waals surface area contributed by atoms with Gasteiger partial charge in [-0.3, -0.25) is 0 Å². The Morgan fingerprint density at radius 1 is 1.39 bits per heavy atom. The summed E-state index contributed by atoms with van der Waals surface area (Å²) in [6.45, 7) is 3.62. The second-order valence-electron chi connectivity index (χ2n) is 6.02. The third-order valence-corrected chi connectivity index (χ3v) is 4.46. The Kier molecular flexibility index (Phi) is 3.49. The van der Waals surface area contributed by atoms with Gasteiger partial charge in [0.05, 0.1) is 17.2 Å². The van der Waals surface area contributed by atoms with Crippen molar-refractivity contribution in [1.82, 2.24) is 20.1 Å². The number of ether oxygens (including phenoxy) is 1. The van der Waals surface area contributed by atoms with Crippen LogP contribution in [-0.4, -0.2) is 46.4 Å². The lowest BCUT2D eigenvalue weighted by Gasteiger charge is -2.17. The number of fused-ring (bicyclic) bond motifs is 1. The van der Waals surface area contributed by atoms with Gasteiger partial charge in [0.15, 0.2) is 0 Å². The van der Waals surface area contributed by atoms with E-state index in [-0.39, 0.29) is 6.10 Å². The predicted octanol–water partition coefficient (Wildman–Crippen LogP) is 1.95. The third kappa shape index (κ3) is 2.57. The van der Waals surface area contributed by atoms with Gasteiger partial charge in [0.1, 0.15) is 23.6 Å². The molecular weight excluding hydrogens is 294 g/mol. The van der Waals surface area contributed by atoms with E-state index in [0.717, 1.165) is 47.8 Å². The molecule has 120 valence electrons. The highest BCUT2D eigenvalue weighted by molar-refractivity contribution is 5.87. The van der Waals surface area contributed by atoms with Gasteiger partial charge >= 0.3 is 0 Å². The minimum atomic E-state index is 0.143. The van der Waals surface area contributed by atoms with Crippen LogP contribution in [-0.2, 0) is 11.2 Å². The maximum Gasteiger partial charge on any atom is 0.142 e. The van der Waals surface area contributed by atoms with Crippen LogP contribution in [0.2, 0.25) is 0 Å². The van der Waals surface area contributed by atoms with Gasteiger partial charge in [-0.05, 0) is 13.0 Å². The number of aryl methyl sites for hydroxylation is 1. The number of anilines is 1. The quantitative estimate of drug-likeness (QED) is 0.793. The van der Waals surface area contributed by atoms with E-state index < -0.39 is 0 Å². The summed E-state index contributed by atoms with van der Waals surface area (Å²) in [5.74, 6) is 2.21. The number of hydrogen-bond acceptors (Lipinski definition) is 6. The van der Waals surface area contributed by atoms with Gasteiger partial charge in [-0.15, -0.1) is 0 Å². The van der Waals surface area contributed by atoms with E-state index in [2.05, 4.69) is 25.0 Å². The van der Waals surface area contributed by atoms with Crippen molar-refractivity contribution in [3.8, 4) is 0 Å². The van der Waals surface area contributed by atoms with Crippen molar-refractivity contribution in [2.24, 2.45) is 5.92 Å². The Hall–Kier alpha value is -2.41. The van der Waals surface area contributed by atoms with Crippen molar-refractivity contribution in [2.75, 3.05) is 25.1 Å². The lowest BCUT2D eigenvalue weighted by Crippen LogP contribution is -2.23. The first-order valence-electron chi connectivity index (χ1n) is 7.72. The first kappa shape index (κ1) is 14.2. The Balaban J connectivity index is 1.58. The summed E-state index contributed by atoms with van der Waals surface area (Å²) in [7, 11) is 1.76. The van der Waals surface area contributed by atoms with Crippen molar-refractivity contribution >= 4 is 16.9 Å². The highest BCUT2D eigenvalue weighted by Gasteiger charge is 2.35. The molecule has 2 atom stereocenters. The molecule has 0 saturated carbocycles. The fourth-order valence-electron chi connectivity index (χ4n) is 3.36.